The Kier molecular flexibility index (Phi) is 45.2. The largest absolute Gasteiger partial charge is 0.462 e. The molecular weight excluding hydrogens is 721 g/mol. The van der Waals surface area contributed by atoms with Crippen molar-refractivity contribution in [2.75, 3.05) is 13.2 Å². The maximum atomic E-state index is 12.7. The smallest absolute Gasteiger partial charge is 0.306 e. The summed E-state index contributed by atoms with van der Waals surface area (Å²) in [6.45, 7) is 9.02. The van der Waals surface area contributed by atoms with E-state index in [-0.39, 0.29) is 31.1 Å². The second-order valence-corrected chi connectivity index (χ2v) is 18.3. The first-order valence-corrected chi connectivity index (χ1v) is 25.9. The van der Waals surface area contributed by atoms with Crippen LogP contribution in [-0.4, -0.2) is 37.2 Å². The minimum Gasteiger partial charge on any atom is -0.462 e. The SMILES string of the molecule is CCCCCCCCCCCCCCCCCC(=O)OC[C@H](COC(=O)CCCCCCCCCCCCCC(C)C)OC(=O)CCCCCCCCCCCCC. The molecule has 0 aromatic heterocycles. The monoisotopic (exact) mass is 821 g/mol. The number of carbonyl (C=O) groups excluding carboxylic acids is 3. The predicted molar refractivity (Wildman–Crippen MR) is 247 cm³/mol. The molecule has 0 bridgehead atoms. The molecule has 0 aliphatic rings. The van der Waals surface area contributed by atoms with Crippen molar-refractivity contribution in [2.45, 2.75) is 297 Å². The zero-order valence-electron chi connectivity index (χ0n) is 39.5. The molecule has 0 aromatic carbocycles. The van der Waals surface area contributed by atoms with Gasteiger partial charge in [-0.05, 0) is 25.2 Å². The highest BCUT2D eigenvalue weighted by atomic mass is 16.6. The second kappa shape index (κ2) is 46.5. The summed E-state index contributed by atoms with van der Waals surface area (Å²) in [5.41, 5.74) is 0. The van der Waals surface area contributed by atoms with E-state index in [1.165, 1.54) is 186 Å². The summed E-state index contributed by atoms with van der Waals surface area (Å²) < 4.78 is 16.8. The van der Waals surface area contributed by atoms with Crippen LogP contribution in [0.15, 0.2) is 0 Å². The van der Waals surface area contributed by atoms with E-state index in [2.05, 4.69) is 27.7 Å². The standard InChI is InChI=1S/C52H100O6/c1-5-7-9-11-13-15-17-18-19-20-24-27-31-35-39-43-50(53)56-46-49(58-52(55)45-41-37-33-29-22-16-14-12-10-8-6-2)47-57-51(54)44-40-36-32-28-25-21-23-26-30-34-38-42-48(3)4/h48-49H,5-47H2,1-4H3/t49-/m1/s1. The zero-order chi connectivity index (χ0) is 42.4. The molecule has 0 heterocycles. The summed E-state index contributed by atoms with van der Waals surface area (Å²) in [7, 11) is 0. The van der Waals surface area contributed by atoms with Crippen LogP contribution in [0.4, 0.5) is 0 Å². The Hall–Kier alpha value is -1.59. The van der Waals surface area contributed by atoms with Gasteiger partial charge in [0.2, 0.25) is 0 Å². The molecule has 1 atom stereocenters. The summed E-state index contributed by atoms with van der Waals surface area (Å²) in [5, 5.41) is 0. The third-order valence-electron chi connectivity index (χ3n) is 11.8. The average molecular weight is 821 g/mol. The summed E-state index contributed by atoms with van der Waals surface area (Å²) in [6.07, 6.45) is 48.0. The predicted octanol–water partition coefficient (Wildman–Crippen LogP) is 16.7. The zero-order valence-corrected chi connectivity index (χ0v) is 39.5. The summed E-state index contributed by atoms with van der Waals surface area (Å²) in [6, 6.07) is 0. The molecule has 58 heavy (non-hydrogen) atoms. The molecule has 0 saturated heterocycles. The van der Waals surface area contributed by atoms with Gasteiger partial charge in [0.15, 0.2) is 6.10 Å². The molecule has 344 valence electrons. The van der Waals surface area contributed by atoms with Crippen molar-refractivity contribution < 1.29 is 28.6 Å². The van der Waals surface area contributed by atoms with E-state index in [4.69, 9.17) is 14.2 Å². The molecule has 0 N–H and O–H groups in total. The van der Waals surface area contributed by atoms with E-state index < -0.39 is 6.10 Å². The number of hydrogen-bond donors (Lipinski definition) is 0. The highest BCUT2D eigenvalue weighted by molar-refractivity contribution is 5.71. The molecule has 0 saturated carbocycles. The van der Waals surface area contributed by atoms with Crippen molar-refractivity contribution >= 4 is 17.9 Å². The third kappa shape index (κ3) is 45.5. The minimum absolute atomic E-state index is 0.0627. The molecule has 6 nitrogen and oxygen atoms in total. The number of rotatable bonds is 47. The third-order valence-corrected chi connectivity index (χ3v) is 11.8. The van der Waals surface area contributed by atoms with E-state index in [0.29, 0.717) is 19.3 Å². The van der Waals surface area contributed by atoms with E-state index >= 15 is 0 Å². The fraction of sp³-hybridized carbons (Fsp3) is 0.942. The van der Waals surface area contributed by atoms with Crippen molar-refractivity contribution in [1.82, 2.24) is 0 Å². The lowest BCUT2D eigenvalue weighted by Gasteiger charge is -2.18. The van der Waals surface area contributed by atoms with E-state index in [1.807, 2.05) is 0 Å². The highest BCUT2D eigenvalue weighted by Gasteiger charge is 2.19. The van der Waals surface area contributed by atoms with Gasteiger partial charge in [0.05, 0.1) is 0 Å². The van der Waals surface area contributed by atoms with Gasteiger partial charge in [-0.15, -0.1) is 0 Å². The maximum Gasteiger partial charge on any atom is 0.306 e. The Balaban J connectivity index is 4.29. The Morgan fingerprint density at radius 2 is 0.569 bits per heavy atom. The molecule has 0 unspecified atom stereocenters. The fourth-order valence-corrected chi connectivity index (χ4v) is 7.86. The van der Waals surface area contributed by atoms with Crippen LogP contribution in [0.5, 0.6) is 0 Å². The molecular formula is C52H100O6. The lowest BCUT2D eigenvalue weighted by Crippen LogP contribution is -2.30. The Labute approximate surface area is 361 Å². The van der Waals surface area contributed by atoms with Crippen LogP contribution in [-0.2, 0) is 28.6 Å². The van der Waals surface area contributed by atoms with Crippen LogP contribution in [0.25, 0.3) is 0 Å². The van der Waals surface area contributed by atoms with E-state index in [1.54, 1.807) is 0 Å². The van der Waals surface area contributed by atoms with Gasteiger partial charge in [-0.25, -0.2) is 0 Å². The van der Waals surface area contributed by atoms with Crippen LogP contribution < -0.4 is 0 Å². The maximum absolute atomic E-state index is 12.7. The topological polar surface area (TPSA) is 78.9 Å². The second-order valence-electron chi connectivity index (χ2n) is 18.3. The summed E-state index contributed by atoms with van der Waals surface area (Å²) >= 11 is 0. The van der Waals surface area contributed by atoms with Crippen LogP contribution in [0.2, 0.25) is 0 Å². The molecule has 0 amide bonds. The number of hydrogen-bond acceptors (Lipinski definition) is 6. The molecule has 0 radical (unpaired) electrons. The van der Waals surface area contributed by atoms with Gasteiger partial charge in [0.25, 0.3) is 0 Å². The van der Waals surface area contributed by atoms with Gasteiger partial charge in [-0.3, -0.25) is 14.4 Å². The normalized spacial score (nSPS) is 11.9. The summed E-state index contributed by atoms with van der Waals surface area (Å²) in [5.74, 6) is -0.0179. The van der Waals surface area contributed by atoms with Gasteiger partial charge < -0.3 is 14.2 Å². The quantitative estimate of drug-likeness (QED) is 0.0346. The van der Waals surface area contributed by atoms with Gasteiger partial charge in [-0.1, -0.05) is 252 Å². The Bertz CT molecular complexity index is 872. The molecule has 6 heteroatoms. The first-order chi connectivity index (χ1) is 28.4. The first kappa shape index (κ1) is 56.4. The van der Waals surface area contributed by atoms with Crippen molar-refractivity contribution in [3.63, 3.8) is 0 Å². The van der Waals surface area contributed by atoms with E-state index in [0.717, 1.165) is 63.7 Å². The van der Waals surface area contributed by atoms with Gasteiger partial charge in [-0.2, -0.15) is 0 Å². The highest BCUT2D eigenvalue weighted by Crippen LogP contribution is 2.17. The van der Waals surface area contributed by atoms with Gasteiger partial charge in [0.1, 0.15) is 13.2 Å². The number of esters is 3. The first-order valence-electron chi connectivity index (χ1n) is 25.9. The molecule has 0 aliphatic carbocycles. The molecule has 0 aromatic rings. The average Bonchev–Trinajstić information content (AvgIpc) is 3.21. The molecule has 0 spiro atoms. The van der Waals surface area contributed by atoms with Crippen molar-refractivity contribution in [3.05, 3.63) is 0 Å². The van der Waals surface area contributed by atoms with Crippen LogP contribution in [0.3, 0.4) is 0 Å². The molecule has 0 fully saturated rings. The van der Waals surface area contributed by atoms with E-state index in [9.17, 15) is 14.4 Å². The number of ether oxygens (including phenoxy) is 3. The Morgan fingerprint density at radius 3 is 0.845 bits per heavy atom. The molecule has 0 rings (SSSR count). The van der Waals surface area contributed by atoms with Crippen LogP contribution in [0, 0.1) is 5.92 Å². The lowest BCUT2D eigenvalue weighted by atomic mass is 10.0. The Morgan fingerprint density at radius 1 is 0.328 bits per heavy atom. The van der Waals surface area contributed by atoms with Gasteiger partial charge in [0, 0.05) is 19.3 Å². The van der Waals surface area contributed by atoms with Crippen molar-refractivity contribution in [2.24, 2.45) is 5.92 Å². The molecule has 0 aliphatic heterocycles. The van der Waals surface area contributed by atoms with Crippen LogP contribution in [0.1, 0.15) is 291 Å². The minimum atomic E-state index is -0.760. The number of carbonyl (C=O) groups is 3. The number of unbranched alkanes of at least 4 members (excludes halogenated alkanes) is 34. The van der Waals surface area contributed by atoms with Crippen LogP contribution >= 0.6 is 0 Å². The van der Waals surface area contributed by atoms with Crippen molar-refractivity contribution in [1.29, 1.82) is 0 Å². The summed E-state index contributed by atoms with van der Waals surface area (Å²) in [4.78, 5) is 37.9. The van der Waals surface area contributed by atoms with Gasteiger partial charge >= 0.3 is 17.9 Å². The lowest BCUT2D eigenvalue weighted by molar-refractivity contribution is -0.167. The van der Waals surface area contributed by atoms with Crippen molar-refractivity contribution in [3.8, 4) is 0 Å². The fourth-order valence-electron chi connectivity index (χ4n) is 7.86.